The monoisotopic (exact) mass is 288 g/mol. The van der Waals surface area contributed by atoms with Gasteiger partial charge in [0, 0.05) is 17.7 Å². The van der Waals surface area contributed by atoms with Crippen LogP contribution in [0.4, 0.5) is 0 Å². The quantitative estimate of drug-likeness (QED) is 0.845. The number of thioether (sulfide) groups is 1. The highest BCUT2D eigenvalue weighted by Crippen LogP contribution is 2.32. The SMILES string of the molecule is c1ccc2oc(C3CCN([C@@H]4CCSC4)CC3)nc2c1. The van der Waals surface area contributed by atoms with Gasteiger partial charge in [0.25, 0.3) is 0 Å². The van der Waals surface area contributed by atoms with Crippen LogP contribution in [0.25, 0.3) is 11.1 Å². The lowest BCUT2D eigenvalue weighted by Crippen LogP contribution is -2.41. The third-order valence-electron chi connectivity index (χ3n) is 4.61. The molecule has 2 aromatic rings. The predicted octanol–water partition coefficient (Wildman–Crippen LogP) is 3.51. The molecular weight excluding hydrogens is 268 g/mol. The molecule has 2 aliphatic heterocycles. The van der Waals surface area contributed by atoms with Gasteiger partial charge in [-0.15, -0.1) is 0 Å². The van der Waals surface area contributed by atoms with Gasteiger partial charge in [-0.05, 0) is 50.2 Å². The van der Waals surface area contributed by atoms with Crippen LogP contribution in [0.15, 0.2) is 28.7 Å². The van der Waals surface area contributed by atoms with E-state index in [0.29, 0.717) is 5.92 Å². The van der Waals surface area contributed by atoms with Gasteiger partial charge in [0.15, 0.2) is 11.5 Å². The van der Waals surface area contributed by atoms with Crippen molar-refractivity contribution in [3.05, 3.63) is 30.2 Å². The number of oxazole rings is 1. The van der Waals surface area contributed by atoms with Crippen molar-refractivity contribution in [2.45, 2.75) is 31.2 Å². The fraction of sp³-hybridized carbons (Fsp3) is 0.562. The molecule has 0 bridgehead atoms. The standard InChI is InChI=1S/C16H20N2OS/c1-2-4-15-14(3-1)17-16(19-15)12-5-8-18(9-6-12)13-7-10-20-11-13/h1-4,12-13H,5-11H2/t13-/m1/s1. The van der Waals surface area contributed by atoms with E-state index in [9.17, 15) is 0 Å². The number of nitrogens with zero attached hydrogens (tertiary/aromatic N) is 2. The summed E-state index contributed by atoms with van der Waals surface area (Å²) in [7, 11) is 0. The van der Waals surface area contributed by atoms with E-state index in [2.05, 4.69) is 21.6 Å². The molecule has 0 spiro atoms. The molecule has 106 valence electrons. The first-order valence-corrected chi connectivity index (χ1v) is 8.73. The summed E-state index contributed by atoms with van der Waals surface area (Å²) in [4.78, 5) is 7.35. The predicted molar refractivity (Wildman–Crippen MR) is 83.3 cm³/mol. The number of hydrogen-bond donors (Lipinski definition) is 0. The van der Waals surface area contributed by atoms with E-state index in [1.807, 2.05) is 24.3 Å². The number of fused-ring (bicyclic) bond motifs is 1. The van der Waals surface area contributed by atoms with Crippen LogP contribution in [0.2, 0.25) is 0 Å². The molecule has 0 amide bonds. The van der Waals surface area contributed by atoms with Gasteiger partial charge in [0.1, 0.15) is 5.52 Å². The third kappa shape index (κ3) is 2.35. The van der Waals surface area contributed by atoms with Crippen molar-refractivity contribution in [2.75, 3.05) is 24.6 Å². The molecule has 0 saturated carbocycles. The minimum atomic E-state index is 0.507. The summed E-state index contributed by atoms with van der Waals surface area (Å²) in [6, 6.07) is 8.90. The van der Waals surface area contributed by atoms with Crippen molar-refractivity contribution >= 4 is 22.9 Å². The van der Waals surface area contributed by atoms with E-state index in [1.165, 1.54) is 43.9 Å². The number of likely N-dealkylation sites (tertiary alicyclic amines) is 1. The molecule has 0 aliphatic carbocycles. The molecular formula is C16H20N2OS. The molecule has 4 heteroatoms. The zero-order chi connectivity index (χ0) is 13.4. The van der Waals surface area contributed by atoms with Crippen LogP contribution in [0, 0.1) is 0 Å². The van der Waals surface area contributed by atoms with Crippen molar-refractivity contribution in [1.29, 1.82) is 0 Å². The second-order valence-corrected chi connectivity index (χ2v) is 7.00. The minimum Gasteiger partial charge on any atom is -0.440 e. The number of para-hydroxylation sites is 2. The van der Waals surface area contributed by atoms with Crippen molar-refractivity contribution in [1.82, 2.24) is 9.88 Å². The number of aromatic nitrogens is 1. The fourth-order valence-electron chi connectivity index (χ4n) is 3.39. The molecule has 3 nitrogen and oxygen atoms in total. The molecule has 1 aromatic carbocycles. The zero-order valence-corrected chi connectivity index (χ0v) is 12.4. The fourth-order valence-corrected chi connectivity index (χ4v) is 4.64. The Labute approximate surface area is 123 Å². The summed E-state index contributed by atoms with van der Waals surface area (Å²) in [5, 5.41) is 0. The number of rotatable bonds is 2. The highest BCUT2D eigenvalue weighted by molar-refractivity contribution is 7.99. The van der Waals surface area contributed by atoms with Gasteiger partial charge in [0.2, 0.25) is 0 Å². The van der Waals surface area contributed by atoms with Crippen LogP contribution in [0.5, 0.6) is 0 Å². The Morgan fingerprint density at radius 3 is 2.75 bits per heavy atom. The first kappa shape index (κ1) is 12.7. The van der Waals surface area contributed by atoms with E-state index in [4.69, 9.17) is 4.42 Å². The van der Waals surface area contributed by atoms with E-state index in [0.717, 1.165) is 23.0 Å². The van der Waals surface area contributed by atoms with Crippen molar-refractivity contribution < 1.29 is 4.42 Å². The Kier molecular flexibility index (Phi) is 3.44. The summed E-state index contributed by atoms with van der Waals surface area (Å²) < 4.78 is 5.93. The molecule has 4 rings (SSSR count). The highest BCUT2D eigenvalue weighted by atomic mass is 32.2. The van der Waals surface area contributed by atoms with Gasteiger partial charge in [-0.3, -0.25) is 4.90 Å². The van der Waals surface area contributed by atoms with E-state index in [1.54, 1.807) is 0 Å². The average Bonchev–Trinajstić information content (AvgIpc) is 3.17. The molecule has 3 heterocycles. The van der Waals surface area contributed by atoms with Crippen LogP contribution in [0.1, 0.15) is 31.1 Å². The Morgan fingerprint density at radius 1 is 1.15 bits per heavy atom. The van der Waals surface area contributed by atoms with Crippen molar-refractivity contribution in [3.8, 4) is 0 Å². The van der Waals surface area contributed by atoms with E-state index >= 15 is 0 Å². The molecule has 2 aliphatic rings. The topological polar surface area (TPSA) is 29.3 Å². The molecule has 2 saturated heterocycles. The third-order valence-corrected chi connectivity index (χ3v) is 5.76. The van der Waals surface area contributed by atoms with Gasteiger partial charge in [-0.25, -0.2) is 4.98 Å². The molecule has 0 radical (unpaired) electrons. The number of piperidine rings is 1. The van der Waals surface area contributed by atoms with Gasteiger partial charge in [0.05, 0.1) is 0 Å². The second-order valence-electron chi connectivity index (χ2n) is 5.85. The van der Waals surface area contributed by atoms with Gasteiger partial charge in [-0.1, -0.05) is 12.1 Å². The lowest BCUT2D eigenvalue weighted by Gasteiger charge is -2.34. The summed E-state index contributed by atoms with van der Waals surface area (Å²) in [5.41, 5.74) is 1.93. The lowest BCUT2D eigenvalue weighted by atomic mass is 9.95. The second kappa shape index (κ2) is 5.41. The maximum Gasteiger partial charge on any atom is 0.198 e. The lowest BCUT2D eigenvalue weighted by molar-refractivity contribution is 0.157. The highest BCUT2D eigenvalue weighted by Gasteiger charge is 2.29. The van der Waals surface area contributed by atoms with Crippen LogP contribution in [-0.4, -0.2) is 40.5 Å². The molecule has 2 fully saturated rings. The Morgan fingerprint density at radius 2 is 2.00 bits per heavy atom. The number of benzene rings is 1. The Bertz CT molecular complexity index is 550. The largest absolute Gasteiger partial charge is 0.440 e. The number of hydrogen-bond acceptors (Lipinski definition) is 4. The van der Waals surface area contributed by atoms with Crippen LogP contribution in [0.3, 0.4) is 0 Å². The van der Waals surface area contributed by atoms with Gasteiger partial charge >= 0.3 is 0 Å². The Hall–Kier alpha value is -1.00. The summed E-state index contributed by atoms with van der Waals surface area (Å²) in [6.07, 6.45) is 3.75. The zero-order valence-electron chi connectivity index (χ0n) is 11.6. The molecule has 1 atom stereocenters. The van der Waals surface area contributed by atoms with E-state index in [-0.39, 0.29) is 0 Å². The summed E-state index contributed by atoms with van der Waals surface area (Å²) >= 11 is 2.10. The molecule has 0 unspecified atom stereocenters. The smallest absolute Gasteiger partial charge is 0.198 e. The Balaban J connectivity index is 1.45. The van der Waals surface area contributed by atoms with Crippen molar-refractivity contribution in [3.63, 3.8) is 0 Å². The van der Waals surface area contributed by atoms with E-state index < -0.39 is 0 Å². The average molecular weight is 288 g/mol. The maximum atomic E-state index is 5.93. The van der Waals surface area contributed by atoms with Crippen LogP contribution in [-0.2, 0) is 0 Å². The van der Waals surface area contributed by atoms with Crippen molar-refractivity contribution in [2.24, 2.45) is 0 Å². The minimum absolute atomic E-state index is 0.507. The first-order chi connectivity index (χ1) is 9.90. The molecule has 20 heavy (non-hydrogen) atoms. The van der Waals surface area contributed by atoms with Gasteiger partial charge < -0.3 is 4.42 Å². The normalized spacial score (nSPS) is 25.5. The molecule has 1 aromatic heterocycles. The van der Waals surface area contributed by atoms with Gasteiger partial charge in [-0.2, -0.15) is 11.8 Å². The van der Waals surface area contributed by atoms with Crippen LogP contribution >= 0.6 is 11.8 Å². The summed E-state index contributed by atoms with van der Waals surface area (Å²) in [6.45, 7) is 2.41. The summed E-state index contributed by atoms with van der Waals surface area (Å²) in [5.74, 6) is 4.13. The maximum absolute atomic E-state index is 5.93. The van der Waals surface area contributed by atoms with Crippen LogP contribution < -0.4 is 0 Å². The first-order valence-electron chi connectivity index (χ1n) is 7.57. The molecule has 0 N–H and O–H groups in total.